The summed E-state index contributed by atoms with van der Waals surface area (Å²) in [6, 6.07) is 8.90. The SMILES string of the molecule is Nc1c(S[O-])cc(Nc2cc(F)cc(C(F)(F)F)c2)c2c1C(=O)c1ccccc1C2=O.[Na+]. The number of ketones is 2. The van der Waals surface area contributed by atoms with Crippen molar-refractivity contribution in [2.75, 3.05) is 11.1 Å². The van der Waals surface area contributed by atoms with Crippen LogP contribution in [0.1, 0.15) is 37.4 Å². The number of nitrogen functional groups attached to an aromatic ring is 1. The number of carbonyl (C=O) groups excluding carboxylic acids is 2. The van der Waals surface area contributed by atoms with E-state index in [1.807, 2.05) is 0 Å². The molecule has 0 aliphatic heterocycles. The van der Waals surface area contributed by atoms with E-state index in [4.69, 9.17) is 5.73 Å². The van der Waals surface area contributed by atoms with Crippen molar-refractivity contribution in [2.45, 2.75) is 11.1 Å². The fraction of sp³-hybridized carbons (Fsp3) is 0.0476. The van der Waals surface area contributed by atoms with Crippen molar-refractivity contribution in [3.8, 4) is 0 Å². The van der Waals surface area contributed by atoms with Gasteiger partial charge in [0.15, 0.2) is 11.6 Å². The van der Waals surface area contributed by atoms with Gasteiger partial charge in [-0.25, -0.2) is 16.4 Å². The van der Waals surface area contributed by atoms with Gasteiger partial charge in [0.05, 0.1) is 28.1 Å². The molecule has 0 bridgehead atoms. The molecule has 0 saturated carbocycles. The quantitative estimate of drug-likeness (QED) is 0.206. The van der Waals surface area contributed by atoms with E-state index in [-0.39, 0.29) is 85.8 Å². The van der Waals surface area contributed by atoms with Gasteiger partial charge in [0.25, 0.3) is 0 Å². The summed E-state index contributed by atoms with van der Waals surface area (Å²) < 4.78 is 64.5. The molecule has 3 N–H and O–H groups in total. The largest absolute Gasteiger partial charge is 1.00 e. The topological polar surface area (TPSA) is 95.2 Å². The maximum Gasteiger partial charge on any atom is 1.00 e. The van der Waals surface area contributed by atoms with E-state index in [0.29, 0.717) is 12.1 Å². The van der Waals surface area contributed by atoms with Crippen LogP contribution in [0.2, 0.25) is 0 Å². The molecule has 1 aliphatic rings. The van der Waals surface area contributed by atoms with Crippen LogP contribution < -0.4 is 40.6 Å². The first kappa shape index (κ1) is 24.3. The molecular formula is C21H11F4N2NaO3S. The molecule has 11 heteroatoms. The molecule has 0 amide bonds. The average molecular weight is 470 g/mol. The molecule has 0 saturated heterocycles. The molecule has 158 valence electrons. The Morgan fingerprint density at radius 2 is 1.53 bits per heavy atom. The van der Waals surface area contributed by atoms with Gasteiger partial charge < -0.3 is 15.6 Å². The van der Waals surface area contributed by atoms with Crippen LogP contribution >= 0.6 is 12.0 Å². The third-order valence-corrected chi connectivity index (χ3v) is 5.31. The molecule has 0 fully saturated rings. The smallest absolute Gasteiger partial charge is 0.795 e. The van der Waals surface area contributed by atoms with Crippen molar-refractivity contribution >= 4 is 40.7 Å². The normalized spacial score (nSPS) is 12.7. The van der Waals surface area contributed by atoms with Gasteiger partial charge in [-0.15, -0.1) is 0 Å². The van der Waals surface area contributed by atoms with E-state index in [9.17, 15) is 31.7 Å². The monoisotopic (exact) mass is 470 g/mol. The van der Waals surface area contributed by atoms with E-state index in [0.717, 1.165) is 12.1 Å². The Balaban J connectivity index is 0.00000289. The van der Waals surface area contributed by atoms with Crippen LogP contribution in [0, 0.1) is 5.82 Å². The number of nitrogens with two attached hydrogens (primary N) is 1. The molecule has 3 aromatic carbocycles. The van der Waals surface area contributed by atoms with E-state index in [2.05, 4.69) is 5.32 Å². The predicted octanol–water partition coefficient (Wildman–Crippen LogP) is 2.17. The van der Waals surface area contributed by atoms with Crippen LogP contribution in [0.15, 0.2) is 53.4 Å². The van der Waals surface area contributed by atoms with Crippen molar-refractivity contribution in [2.24, 2.45) is 0 Å². The fourth-order valence-electron chi connectivity index (χ4n) is 3.44. The van der Waals surface area contributed by atoms with Gasteiger partial charge in [0.2, 0.25) is 0 Å². The number of anilines is 3. The molecule has 3 aromatic rings. The summed E-state index contributed by atoms with van der Waals surface area (Å²) in [5.74, 6) is -2.36. The summed E-state index contributed by atoms with van der Waals surface area (Å²) in [6.45, 7) is 0. The zero-order valence-electron chi connectivity index (χ0n) is 16.3. The zero-order chi connectivity index (χ0) is 22.5. The minimum absolute atomic E-state index is 0. The molecule has 5 nitrogen and oxygen atoms in total. The van der Waals surface area contributed by atoms with Crippen molar-refractivity contribution in [3.05, 3.63) is 82.2 Å². The third kappa shape index (κ3) is 4.16. The Labute approximate surface area is 205 Å². The minimum atomic E-state index is -4.81. The average Bonchev–Trinajstić information content (AvgIpc) is 2.72. The Morgan fingerprint density at radius 3 is 2.09 bits per heavy atom. The van der Waals surface area contributed by atoms with Gasteiger partial charge in [-0.3, -0.25) is 9.59 Å². The van der Waals surface area contributed by atoms with Crippen LogP contribution in [0.3, 0.4) is 0 Å². The Bertz CT molecular complexity index is 1260. The van der Waals surface area contributed by atoms with Crippen molar-refractivity contribution in [3.63, 3.8) is 0 Å². The minimum Gasteiger partial charge on any atom is -0.795 e. The van der Waals surface area contributed by atoms with Crippen LogP contribution in [-0.2, 0) is 6.18 Å². The number of halogens is 4. The number of alkyl halides is 3. The van der Waals surface area contributed by atoms with Crippen LogP contribution in [-0.4, -0.2) is 16.1 Å². The second kappa shape index (κ2) is 8.87. The first-order valence-electron chi connectivity index (χ1n) is 8.71. The second-order valence-electron chi connectivity index (χ2n) is 6.72. The van der Waals surface area contributed by atoms with Crippen LogP contribution in [0.25, 0.3) is 0 Å². The van der Waals surface area contributed by atoms with Crippen molar-refractivity contribution < 1.29 is 61.3 Å². The van der Waals surface area contributed by atoms with E-state index in [1.54, 1.807) is 12.1 Å². The Hall–Kier alpha value is -2.37. The van der Waals surface area contributed by atoms with E-state index in [1.165, 1.54) is 12.1 Å². The van der Waals surface area contributed by atoms with Gasteiger partial charge in [0, 0.05) is 21.7 Å². The van der Waals surface area contributed by atoms with Crippen LogP contribution in [0.5, 0.6) is 0 Å². The number of carbonyl (C=O) groups is 2. The fourth-order valence-corrected chi connectivity index (χ4v) is 3.80. The molecule has 4 rings (SSSR count). The molecule has 0 spiro atoms. The van der Waals surface area contributed by atoms with E-state index >= 15 is 0 Å². The maximum atomic E-state index is 13.8. The molecule has 32 heavy (non-hydrogen) atoms. The molecular weight excluding hydrogens is 459 g/mol. The summed E-state index contributed by atoms with van der Waals surface area (Å²) in [4.78, 5) is 26.0. The first-order chi connectivity index (χ1) is 14.6. The summed E-state index contributed by atoms with van der Waals surface area (Å²) in [5.41, 5.74) is 3.82. The summed E-state index contributed by atoms with van der Waals surface area (Å²) in [7, 11) is 0. The van der Waals surface area contributed by atoms with Gasteiger partial charge in [-0.2, -0.15) is 13.2 Å². The Kier molecular flexibility index (Phi) is 6.73. The van der Waals surface area contributed by atoms with Crippen molar-refractivity contribution in [1.82, 2.24) is 0 Å². The number of benzene rings is 3. The zero-order valence-corrected chi connectivity index (χ0v) is 19.2. The molecule has 0 unspecified atom stereocenters. The molecule has 0 radical (unpaired) electrons. The number of nitrogens with one attached hydrogen (secondary N) is 1. The molecule has 0 aromatic heterocycles. The van der Waals surface area contributed by atoms with Crippen molar-refractivity contribution in [1.29, 1.82) is 0 Å². The number of hydrogen-bond acceptors (Lipinski definition) is 6. The molecule has 0 heterocycles. The number of fused-ring (bicyclic) bond motifs is 2. The predicted molar refractivity (Wildman–Crippen MR) is 105 cm³/mol. The third-order valence-electron chi connectivity index (χ3n) is 4.79. The Morgan fingerprint density at radius 1 is 0.938 bits per heavy atom. The van der Waals surface area contributed by atoms with Gasteiger partial charge in [-0.1, -0.05) is 24.3 Å². The van der Waals surface area contributed by atoms with Gasteiger partial charge in [0.1, 0.15) is 5.82 Å². The first-order valence-corrected chi connectivity index (χ1v) is 9.45. The number of rotatable bonds is 3. The second-order valence-corrected chi connectivity index (χ2v) is 7.33. The summed E-state index contributed by atoms with van der Waals surface area (Å²) in [5, 5.41) is 2.55. The summed E-state index contributed by atoms with van der Waals surface area (Å²) >= 11 is -0.0445. The summed E-state index contributed by atoms with van der Waals surface area (Å²) in [6.07, 6.45) is -4.81. The van der Waals surface area contributed by atoms with Gasteiger partial charge in [-0.05, 0) is 24.3 Å². The molecule has 1 aliphatic carbocycles. The molecule has 0 atom stereocenters. The maximum absolute atomic E-state index is 13.8. The van der Waals surface area contributed by atoms with Crippen LogP contribution in [0.4, 0.5) is 34.6 Å². The number of hydrogen-bond donors (Lipinski definition) is 2. The van der Waals surface area contributed by atoms with E-state index < -0.39 is 29.1 Å². The standard InChI is InChI=1S/C21H12F4N2O3S.Na/c22-10-5-9(21(23,24)25)6-11(7-10)27-14-8-15(31-30)18(26)17-16(14)19(28)12-3-1-2-4-13(12)20(17)29;/h1-8,27,30H,26H2;/q;+1/p-1. The van der Waals surface area contributed by atoms with Gasteiger partial charge >= 0.3 is 35.7 Å².